The lowest BCUT2D eigenvalue weighted by Crippen LogP contribution is -2.41. The van der Waals surface area contributed by atoms with Crippen molar-refractivity contribution in [3.8, 4) is 11.4 Å². The van der Waals surface area contributed by atoms with Crippen LogP contribution in [0.15, 0.2) is 29.4 Å². The number of amides is 3. The number of benzene rings is 1. The normalized spacial score (nSPS) is 11.8. The minimum absolute atomic E-state index is 0.368. The zero-order chi connectivity index (χ0) is 18.4. The van der Waals surface area contributed by atoms with Gasteiger partial charge in [-0.2, -0.15) is 0 Å². The van der Waals surface area contributed by atoms with Crippen LogP contribution in [0.25, 0.3) is 11.4 Å². The van der Waals surface area contributed by atoms with E-state index in [2.05, 4.69) is 33.8 Å². The Morgan fingerprint density at radius 2 is 2.08 bits per heavy atom. The third kappa shape index (κ3) is 4.82. The Hall–Kier alpha value is -2.35. The molecule has 2 aromatic rings. The van der Waals surface area contributed by atoms with E-state index in [0.29, 0.717) is 5.16 Å². The first kappa shape index (κ1) is 19.0. The number of aromatic nitrogens is 3. The largest absolute Gasteiger partial charge is 0.341 e. The summed E-state index contributed by atoms with van der Waals surface area (Å²) in [4.78, 5) is 23.3. The van der Waals surface area contributed by atoms with Gasteiger partial charge in [0.15, 0.2) is 11.0 Å². The average molecular weight is 361 g/mol. The monoisotopic (exact) mass is 361 g/mol. The molecule has 1 aromatic carbocycles. The number of imide groups is 1. The molecular weight excluding hydrogens is 338 g/mol. The lowest BCUT2D eigenvalue weighted by atomic mass is 10.1. The molecule has 8 heteroatoms. The van der Waals surface area contributed by atoms with E-state index in [1.165, 1.54) is 18.8 Å². The Morgan fingerprint density at radius 3 is 2.72 bits per heavy atom. The second kappa shape index (κ2) is 8.66. The maximum atomic E-state index is 12.1. The van der Waals surface area contributed by atoms with Crippen LogP contribution < -0.4 is 10.6 Å². The van der Waals surface area contributed by atoms with E-state index >= 15 is 0 Å². The van der Waals surface area contributed by atoms with Crippen molar-refractivity contribution in [3.63, 3.8) is 0 Å². The molecule has 2 N–H and O–H groups in total. The zero-order valence-electron chi connectivity index (χ0n) is 14.9. The predicted octanol–water partition coefficient (Wildman–Crippen LogP) is 2.60. The molecule has 7 nitrogen and oxygen atoms in total. The van der Waals surface area contributed by atoms with E-state index in [1.54, 1.807) is 6.92 Å². The van der Waals surface area contributed by atoms with Crippen molar-refractivity contribution in [2.45, 2.75) is 44.1 Å². The van der Waals surface area contributed by atoms with Gasteiger partial charge in [0.1, 0.15) is 0 Å². The molecule has 0 saturated carbocycles. The molecule has 0 fully saturated rings. The topological polar surface area (TPSA) is 88.9 Å². The first-order valence-electron chi connectivity index (χ1n) is 8.15. The second-order valence-corrected chi connectivity index (χ2v) is 6.96. The molecule has 1 heterocycles. The number of carbonyl (C=O) groups is 2. The van der Waals surface area contributed by atoms with Crippen LogP contribution in [0.3, 0.4) is 0 Å². The Kier molecular flexibility index (Phi) is 6.58. The molecule has 3 amide bonds. The molecule has 0 aliphatic carbocycles. The standard InChI is InChI=1S/C17H23N5O2S/c1-5-9-22-14(13-8-6-7-11(2)10-13)20-21-17(22)25-12(3)15(23)19-16(24)18-4/h6-8,10,12H,5,9H2,1-4H3,(H2,18,19,23,24)/t12-/m1/s1. The number of aryl methyl sites for hydroxylation is 1. The van der Waals surface area contributed by atoms with Crippen LogP contribution in [0.4, 0.5) is 4.79 Å². The van der Waals surface area contributed by atoms with Crippen LogP contribution in [0, 0.1) is 6.92 Å². The number of hydrogen-bond donors (Lipinski definition) is 2. The van der Waals surface area contributed by atoms with Crippen LogP contribution in [-0.2, 0) is 11.3 Å². The van der Waals surface area contributed by atoms with E-state index in [9.17, 15) is 9.59 Å². The molecule has 134 valence electrons. The van der Waals surface area contributed by atoms with Gasteiger partial charge < -0.3 is 9.88 Å². The SMILES string of the molecule is CCCn1c(S[C@H](C)C(=O)NC(=O)NC)nnc1-c1cccc(C)c1. The van der Waals surface area contributed by atoms with Crippen molar-refractivity contribution >= 4 is 23.7 Å². The van der Waals surface area contributed by atoms with Crippen molar-refractivity contribution < 1.29 is 9.59 Å². The number of thioether (sulfide) groups is 1. The van der Waals surface area contributed by atoms with Gasteiger partial charge in [-0.1, -0.05) is 42.4 Å². The summed E-state index contributed by atoms with van der Waals surface area (Å²) in [5.74, 6) is 0.416. The van der Waals surface area contributed by atoms with E-state index in [0.717, 1.165) is 29.9 Å². The Balaban J connectivity index is 2.24. The highest BCUT2D eigenvalue weighted by molar-refractivity contribution is 8.00. The Bertz CT molecular complexity index is 759. The molecule has 0 spiro atoms. The quantitative estimate of drug-likeness (QED) is 0.772. The smallest absolute Gasteiger partial charge is 0.321 e. The lowest BCUT2D eigenvalue weighted by Gasteiger charge is -2.13. The average Bonchev–Trinajstić information content (AvgIpc) is 2.97. The summed E-state index contributed by atoms with van der Waals surface area (Å²) in [6, 6.07) is 7.56. The number of carbonyl (C=O) groups excluding carboxylic acids is 2. The molecule has 0 radical (unpaired) electrons. The number of nitrogens with zero attached hydrogens (tertiary/aromatic N) is 3. The lowest BCUT2D eigenvalue weighted by molar-refractivity contribution is -0.119. The molecule has 1 aromatic heterocycles. The third-order valence-corrected chi connectivity index (χ3v) is 4.64. The highest BCUT2D eigenvalue weighted by Gasteiger charge is 2.21. The Morgan fingerprint density at radius 1 is 1.32 bits per heavy atom. The van der Waals surface area contributed by atoms with E-state index in [1.807, 2.05) is 29.7 Å². The molecule has 0 aliphatic rings. The van der Waals surface area contributed by atoms with Gasteiger partial charge >= 0.3 is 6.03 Å². The van der Waals surface area contributed by atoms with Gasteiger partial charge in [0.2, 0.25) is 5.91 Å². The fraction of sp³-hybridized carbons (Fsp3) is 0.412. The van der Waals surface area contributed by atoms with Gasteiger partial charge in [0.25, 0.3) is 0 Å². The van der Waals surface area contributed by atoms with Gasteiger partial charge in [-0.3, -0.25) is 10.1 Å². The van der Waals surface area contributed by atoms with Crippen LogP contribution in [0.1, 0.15) is 25.8 Å². The summed E-state index contributed by atoms with van der Waals surface area (Å²) in [5, 5.41) is 13.4. The maximum absolute atomic E-state index is 12.1. The van der Waals surface area contributed by atoms with E-state index < -0.39 is 11.3 Å². The van der Waals surface area contributed by atoms with Crippen molar-refractivity contribution in [1.82, 2.24) is 25.4 Å². The van der Waals surface area contributed by atoms with Crippen LogP contribution in [0.5, 0.6) is 0 Å². The molecular formula is C17H23N5O2S. The third-order valence-electron chi connectivity index (χ3n) is 3.56. The zero-order valence-corrected chi connectivity index (χ0v) is 15.7. The maximum Gasteiger partial charge on any atom is 0.321 e. The van der Waals surface area contributed by atoms with Crippen molar-refractivity contribution in [2.24, 2.45) is 0 Å². The molecule has 1 atom stereocenters. The summed E-state index contributed by atoms with van der Waals surface area (Å²) in [6.07, 6.45) is 0.920. The van der Waals surface area contributed by atoms with Crippen molar-refractivity contribution in [3.05, 3.63) is 29.8 Å². The highest BCUT2D eigenvalue weighted by atomic mass is 32.2. The summed E-state index contributed by atoms with van der Waals surface area (Å²) in [7, 11) is 1.46. The highest BCUT2D eigenvalue weighted by Crippen LogP contribution is 2.27. The molecule has 0 saturated heterocycles. The van der Waals surface area contributed by atoms with Crippen molar-refractivity contribution in [2.75, 3.05) is 7.05 Å². The number of rotatable bonds is 6. The summed E-state index contributed by atoms with van der Waals surface area (Å²) < 4.78 is 2.02. The van der Waals surface area contributed by atoms with Gasteiger partial charge in [-0.15, -0.1) is 10.2 Å². The Labute approximate surface area is 151 Å². The summed E-state index contributed by atoms with van der Waals surface area (Å²) in [5.41, 5.74) is 2.14. The predicted molar refractivity (Wildman–Crippen MR) is 98.4 cm³/mol. The molecule has 0 unspecified atom stereocenters. The van der Waals surface area contributed by atoms with E-state index in [-0.39, 0.29) is 5.91 Å². The second-order valence-electron chi connectivity index (χ2n) is 5.66. The number of nitrogens with one attached hydrogen (secondary N) is 2. The van der Waals surface area contributed by atoms with Crippen molar-refractivity contribution in [1.29, 1.82) is 0 Å². The van der Waals surface area contributed by atoms with Crippen LogP contribution in [-0.4, -0.2) is 39.0 Å². The molecule has 2 rings (SSSR count). The number of hydrogen-bond acceptors (Lipinski definition) is 5. The molecule has 0 bridgehead atoms. The van der Waals surface area contributed by atoms with E-state index in [4.69, 9.17) is 0 Å². The fourth-order valence-corrected chi connectivity index (χ4v) is 3.16. The van der Waals surface area contributed by atoms with Crippen LogP contribution >= 0.6 is 11.8 Å². The minimum atomic E-state index is -0.520. The summed E-state index contributed by atoms with van der Waals surface area (Å²) >= 11 is 1.29. The molecule has 25 heavy (non-hydrogen) atoms. The van der Waals surface area contributed by atoms with Gasteiger partial charge in [0, 0.05) is 19.2 Å². The molecule has 0 aliphatic heterocycles. The van der Waals surface area contributed by atoms with Gasteiger partial charge in [-0.25, -0.2) is 4.79 Å². The first-order valence-corrected chi connectivity index (χ1v) is 9.03. The first-order chi connectivity index (χ1) is 12.0. The fourth-order valence-electron chi connectivity index (χ4n) is 2.29. The number of urea groups is 1. The van der Waals surface area contributed by atoms with Gasteiger partial charge in [0.05, 0.1) is 5.25 Å². The van der Waals surface area contributed by atoms with Gasteiger partial charge in [-0.05, 0) is 26.3 Å². The minimum Gasteiger partial charge on any atom is -0.341 e. The summed E-state index contributed by atoms with van der Waals surface area (Å²) in [6.45, 7) is 6.60. The van der Waals surface area contributed by atoms with Crippen LogP contribution in [0.2, 0.25) is 0 Å².